The zero-order valence-corrected chi connectivity index (χ0v) is 23.0. The number of nitrogens with zero attached hydrogens (tertiary/aromatic N) is 4. The second kappa shape index (κ2) is 18.7. The first kappa shape index (κ1) is 31.7. The van der Waals surface area contributed by atoms with E-state index >= 15 is 0 Å². The minimum absolute atomic E-state index is 0. The number of hydrogen-bond donors (Lipinski definition) is 0. The normalized spacial score (nSPS) is 18.6. The zero-order valence-electron chi connectivity index (χ0n) is 23.0. The summed E-state index contributed by atoms with van der Waals surface area (Å²) in [6.07, 6.45) is 10.4. The molecule has 2 aliphatic rings. The molecule has 2 aromatic rings. The van der Waals surface area contributed by atoms with Gasteiger partial charge in [0.15, 0.2) is 0 Å². The molecule has 6 heteroatoms. The minimum Gasteiger partial charge on any atom is -0.655 e. The molecule has 0 bridgehead atoms. The van der Waals surface area contributed by atoms with Gasteiger partial charge in [-0.1, -0.05) is 110 Å². The molecule has 0 radical (unpaired) electrons. The van der Waals surface area contributed by atoms with Gasteiger partial charge in [0.05, 0.1) is 0 Å². The second-order valence-corrected chi connectivity index (χ2v) is 10.1. The van der Waals surface area contributed by atoms with Crippen LogP contribution in [0.5, 0.6) is 0 Å². The van der Waals surface area contributed by atoms with E-state index in [-0.39, 0.29) is 37.7 Å². The van der Waals surface area contributed by atoms with Gasteiger partial charge in [0.2, 0.25) is 0 Å². The van der Waals surface area contributed by atoms with Crippen molar-refractivity contribution in [1.29, 1.82) is 0 Å². The number of benzene rings is 2. The van der Waals surface area contributed by atoms with Crippen molar-refractivity contribution in [2.75, 3.05) is 52.4 Å². The van der Waals surface area contributed by atoms with Crippen LogP contribution in [0.25, 0.3) is 10.6 Å². The maximum absolute atomic E-state index is 5.16. The molecule has 4 nitrogen and oxygen atoms in total. The zero-order chi connectivity index (χ0) is 23.3. The molecule has 0 N–H and O–H groups in total. The third-order valence-corrected chi connectivity index (χ3v) is 7.39. The van der Waals surface area contributed by atoms with Gasteiger partial charge < -0.3 is 20.4 Å². The van der Waals surface area contributed by atoms with E-state index in [2.05, 4.69) is 70.5 Å². The summed E-state index contributed by atoms with van der Waals surface area (Å²) in [5.74, 6) is 0. The van der Waals surface area contributed by atoms with Gasteiger partial charge in [-0.2, -0.15) is 0 Å². The smallest absolute Gasteiger partial charge is 0.655 e. The van der Waals surface area contributed by atoms with Crippen molar-refractivity contribution in [3.05, 3.63) is 82.4 Å². The quantitative estimate of drug-likeness (QED) is 0.321. The SMILES string of the molecule is [Li+].[Li+].c1ccc([C@@H](CN2CCCCC2)[N-]CCCC[N-][C@H](CN2CCCCC2)c2ccccc2)cc1. The Kier molecular flexibility index (Phi) is 16.4. The number of piperidine rings is 2. The van der Waals surface area contributed by atoms with Crippen LogP contribution in [0.2, 0.25) is 0 Å². The van der Waals surface area contributed by atoms with E-state index in [1.54, 1.807) is 0 Å². The fourth-order valence-electron chi connectivity index (χ4n) is 5.38. The van der Waals surface area contributed by atoms with E-state index in [1.807, 2.05) is 0 Å². The van der Waals surface area contributed by atoms with Crippen LogP contribution in [0, 0.1) is 0 Å². The number of rotatable bonds is 13. The number of likely N-dealkylation sites (tertiary alicyclic amines) is 2. The van der Waals surface area contributed by atoms with Crippen LogP contribution in [-0.4, -0.2) is 62.2 Å². The largest absolute Gasteiger partial charge is 1.00 e. The van der Waals surface area contributed by atoms with Crippen molar-refractivity contribution < 1.29 is 37.7 Å². The Morgan fingerprint density at radius 1 is 0.528 bits per heavy atom. The average Bonchev–Trinajstić information content (AvgIpc) is 2.91. The molecule has 0 saturated carbocycles. The molecule has 0 aromatic heterocycles. The van der Waals surface area contributed by atoms with Crippen LogP contribution in [0.15, 0.2) is 60.7 Å². The van der Waals surface area contributed by atoms with Crippen LogP contribution in [0.1, 0.15) is 74.6 Å². The average molecular weight is 475 g/mol. The topological polar surface area (TPSA) is 34.7 Å². The Morgan fingerprint density at radius 2 is 0.889 bits per heavy atom. The Balaban J connectivity index is 0.00000228. The van der Waals surface area contributed by atoms with Crippen molar-refractivity contribution in [2.45, 2.75) is 63.5 Å². The first-order chi connectivity index (χ1) is 16.9. The van der Waals surface area contributed by atoms with E-state index < -0.39 is 0 Å². The van der Waals surface area contributed by atoms with Crippen molar-refractivity contribution in [1.82, 2.24) is 9.80 Å². The molecule has 2 aliphatic heterocycles. The Hall–Kier alpha value is -0.525. The van der Waals surface area contributed by atoms with E-state index in [4.69, 9.17) is 10.6 Å². The molecular weight excluding hydrogens is 430 g/mol. The Morgan fingerprint density at radius 3 is 1.25 bits per heavy atom. The fourth-order valence-corrected chi connectivity index (χ4v) is 5.38. The summed E-state index contributed by atoms with van der Waals surface area (Å²) in [6.45, 7) is 8.94. The predicted octanol–water partition coefficient (Wildman–Crippen LogP) is 0.976. The van der Waals surface area contributed by atoms with E-state index in [0.29, 0.717) is 12.1 Å². The molecule has 4 rings (SSSR count). The van der Waals surface area contributed by atoms with Gasteiger partial charge in [0.25, 0.3) is 0 Å². The third-order valence-electron chi connectivity index (χ3n) is 7.39. The molecule has 2 heterocycles. The van der Waals surface area contributed by atoms with E-state index in [9.17, 15) is 0 Å². The van der Waals surface area contributed by atoms with Gasteiger partial charge in [-0.3, -0.25) is 0 Å². The summed E-state index contributed by atoms with van der Waals surface area (Å²) in [4.78, 5) is 5.23. The first-order valence-corrected chi connectivity index (χ1v) is 13.8. The molecule has 186 valence electrons. The van der Waals surface area contributed by atoms with Gasteiger partial charge in [-0.15, -0.1) is 13.1 Å². The van der Waals surface area contributed by atoms with Gasteiger partial charge in [0, 0.05) is 0 Å². The molecule has 0 amide bonds. The first-order valence-electron chi connectivity index (χ1n) is 13.8. The maximum Gasteiger partial charge on any atom is 1.00 e. The summed E-state index contributed by atoms with van der Waals surface area (Å²) in [7, 11) is 0. The van der Waals surface area contributed by atoms with Crippen LogP contribution in [0.3, 0.4) is 0 Å². The van der Waals surface area contributed by atoms with Gasteiger partial charge in [0.1, 0.15) is 0 Å². The second-order valence-electron chi connectivity index (χ2n) is 10.1. The van der Waals surface area contributed by atoms with Crippen molar-refractivity contribution in [3.63, 3.8) is 0 Å². The Bertz CT molecular complexity index is 713. The standard InChI is InChI=1S/C30H44N4.2Li/c1-5-15-27(16-6-1)29(25-33-21-11-3-12-22-33)31-19-9-10-20-32-30(28-17-7-2-8-18-28)26-34-23-13-4-14-24-34;;/h1-2,5-8,15-18,29-30H,3-4,9-14,19-26H2;;/q-2;2*+1/t29-,30-;;/m1../s1. The summed E-state index contributed by atoms with van der Waals surface area (Å²) in [6, 6.07) is 22.4. The van der Waals surface area contributed by atoms with Crippen molar-refractivity contribution >= 4 is 0 Å². The molecule has 0 unspecified atom stereocenters. The number of hydrogen-bond acceptors (Lipinski definition) is 2. The van der Waals surface area contributed by atoms with E-state index in [0.717, 1.165) is 39.0 Å². The van der Waals surface area contributed by atoms with Gasteiger partial charge in [-0.25, -0.2) is 0 Å². The van der Waals surface area contributed by atoms with Gasteiger partial charge in [-0.05, 0) is 65.0 Å². The fraction of sp³-hybridized carbons (Fsp3) is 0.600. The van der Waals surface area contributed by atoms with Crippen LogP contribution >= 0.6 is 0 Å². The molecule has 0 aliphatic carbocycles. The molecule has 36 heavy (non-hydrogen) atoms. The van der Waals surface area contributed by atoms with Crippen molar-refractivity contribution in [2.24, 2.45) is 0 Å². The minimum atomic E-state index is 0. The summed E-state index contributed by atoms with van der Waals surface area (Å²) in [5.41, 5.74) is 2.73. The van der Waals surface area contributed by atoms with Crippen molar-refractivity contribution in [3.8, 4) is 0 Å². The molecule has 2 saturated heterocycles. The third kappa shape index (κ3) is 11.1. The molecular formula is C30H44Li2N4. The monoisotopic (exact) mass is 474 g/mol. The maximum atomic E-state index is 5.16. The van der Waals surface area contributed by atoms with Crippen LogP contribution in [0.4, 0.5) is 0 Å². The summed E-state index contributed by atoms with van der Waals surface area (Å²) in [5, 5.41) is 10.3. The Labute approximate surface area is 244 Å². The number of unbranched alkanes of at least 4 members (excludes halogenated alkanes) is 1. The van der Waals surface area contributed by atoms with Crippen LogP contribution < -0.4 is 37.7 Å². The molecule has 2 fully saturated rings. The molecule has 0 spiro atoms. The van der Waals surface area contributed by atoms with E-state index in [1.165, 1.54) is 75.8 Å². The summed E-state index contributed by atoms with van der Waals surface area (Å²) >= 11 is 0. The van der Waals surface area contributed by atoms with Gasteiger partial charge >= 0.3 is 37.7 Å². The van der Waals surface area contributed by atoms with Crippen LogP contribution in [-0.2, 0) is 0 Å². The predicted molar refractivity (Wildman–Crippen MR) is 145 cm³/mol. The molecule has 2 aromatic carbocycles. The summed E-state index contributed by atoms with van der Waals surface area (Å²) < 4.78 is 0. The molecule has 2 atom stereocenters.